The molecule has 3 aromatic rings. The normalized spacial score (nSPS) is 11.5. The summed E-state index contributed by atoms with van der Waals surface area (Å²) in [6, 6.07) is 14.3. The molecule has 0 radical (unpaired) electrons. The fourth-order valence-electron chi connectivity index (χ4n) is 2.04. The van der Waals surface area contributed by atoms with Crippen molar-refractivity contribution in [3.63, 3.8) is 0 Å². The number of carbonyl (C=O) groups is 1. The molecule has 0 saturated carbocycles. The lowest BCUT2D eigenvalue weighted by molar-refractivity contribution is -0.115. The highest BCUT2D eigenvalue weighted by Gasteiger charge is 2.18. The first-order valence-corrected chi connectivity index (χ1v) is 8.35. The number of hydrogen-bond donors (Lipinski definition) is 2. The summed E-state index contributed by atoms with van der Waals surface area (Å²) >= 11 is 1.24. The van der Waals surface area contributed by atoms with Gasteiger partial charge in [-0.3, -0.25) is 14.9 Å². The van der Waals surface area contributed by atoms with E-state index in [1.165, 1.54) is 11.8 Å². The van der Waals surface area contributed by atoms with E-state index in [-0.39, 0.29) is 5.91 Å². The lowest BCUT2D eigenvalue weighted by Gasteiger charge is -2.10. The number of amides is 1. The molecule has 1 amide bonds. The van der Waals surface area contributed by atoms with Crippen molar-refractivity contribution in [2.24, 2.45) is 0 Å². The third-order valence-electron chi connectivity index (χ3n) is 3.28. The Hall–Kier alpha value is -3.18. The number of nitrogens with zero attached hydrogens (tertiary/aromatic N) is 4. The van der Waals surface area contributed by atoms with Gasteiger partial charge in [-0.25, -0.2) is 0 Å². The van der Waals surface area contributed by atoms with Gasteiger partial charge in [0.1, 0.15) is 5.69 Å². The second-order valence-electron chi connectivity index (χ2n) is 5.12. The van der Waals surface area contributed by atoms with Crippen LogP contribution in [0.25, 0.3) is 11.5 Å². The number of rotatable bonds is 5. The SMILES string of the molecule is CC(Sc1n[nH]c(-c2ccccn2)n1)C(=O)Nc1cccc(C#N)c1. The highest BCUT2D eigenvalue weighted by molar-refractivity contribution is 8.00. The van der Waals surface area contributed by atoms with Gasteiger partial charge in [-0.1, -0.05) is 23.9 Å². The summed E-state index contributed by atoms with van der Waals surface area (Å²) in [6.45, 7) is 1.77. The Morgan fingerprint density at radius 3 is 2.96 bits per heavy atom. The third kappa shape index (κ3) is 4.22. The lowest BCUT2D eigenvalue weighted by Crippen LogP contribution is -2.22. The molecule has 2 heterocycles. The number of benzene rings is 1. The van der Waals surface area contributed by atoms with E-state index < -0.39 is 5.25 Å². The van der Waals surface area contributed by atoms with E-state index in [1.807, 2.05) is 24.3 Å². The Bertz CT molecular complexity index is 918. The second kappa shape index (κ2) is 7.59. The molecule has 1 unspecified atom stereocenters. The van der Waals surface area contributed by atoms with Crippen molar-refractivity contribution in [3.05, 3.63) is 54.2 Å². The first-order valence-electron chi connectivity index (χ1n) is 7.47. The van der Waals surface area contributed by atoms with Crippen LogP contribution in [0.15, 0.2) is 53.8 Å². The molecule has 7 nitrogen and oxygen atoms in total. The second-order valence-corrected chi connectivity index (χ2v) is 6.43. The zero-order valence-corrected chi connectivity index (χ0v) is 14.1. The molecule has 2 N–H and O–H groups in total. The monoisotopic (exact) mass is 350 g/mol. The van der Waals surface area contributed by atoms with Crippen LogP contribution in [-0.2, 0) is 4.79 Å². The van der Waals surface area contributed by atoms with Gasteiger partial charge < -0.3 is 5.32 Å². The Morgan fingerprint density at radius 2 is 2.20 bits per heavy atom. The summed E-state index contributed by atoms with van der Waals surface area (Å²) in [6.07, 6.45) is 1.68. The van der Waals surface area contributed by atoms with Crippen molar-refractivity contribution in [3.8, 4) is 17.6 Å². The molecule has 3 rings (SSSR count). The van der Waals surface area contributed by atoms with E-state index in [0.717, 1.165) is 0 Å². The minimum absolute atomic E-state index is 0.190. The summed E-state index contributed by atoms with van der Waals surface area (Å²) in [4.78, 5) is 20.8. The molecule has 0 saturated heterocycles. The molecular weight excluding hydrogens is 336 g/mol. The third-order valence-corrected chi connectivity index (χ3v) is 4.24. The van der Waals surface area contributed by atoms with Gasteiger partial charge in [-0.2, -0.15) is 10.2 Å². The quantitative estimate of drug-likeness (QED) is 0.685. The van der Waals surface area contributed by atoms with Gasteiger partial charge in [-0.15, -0.1) is 5.10 Å². The fraction of sp³-hybridized carbons (Fsp3) is 0.118. The van der Waals surface area contributed by atoms with Crippen LogP contribution in [0, 0.1) is 11.3 Å². The van der Waals surface area contributed by atoms with E-state index in [2.05, 4.69) is 25.5 Å². The first kappa shape index (κ1) is 16.7. The van der Waals surface area contributed by atoms with Crippen molar-refractivity contribution in [2.45, 2.75) is 17.3 Å². The maximum Gasteiger partial charge on any atom is 0.237 e. The van der Waals surface area contributed by atoms with E-state index in [0.29, 0.717) is 27.9 Å². The summed E-state index contributed by atoms with van der Waals surface area (Å²) in [7, 11) is 0. The number of nitriles is 1. The van der Waals surface area contributed by atoms with Crippen LogP contribution in [0.3, 0.4) is 0 Å². The molecule has 0 fully saturated rings. The number of anilines is 1. The zero-order chi connectivity index (χ0) is 17.6. The van der Waals surface area contributed by atoms with Crippen LogP contribution in [0.5, 0.6) is 0 Å². The summed E-state index contributed by atoms with van der Waals surface area (Å²) < 4.78 is 0. The average Bonchev–Trinajstić information content (AvgIpc) is 3.11. The molecule has 2 aromatic heterocycles. The van der Waals surface area contributed by atoms with Crippen LogP contribution in [0.1, 0.15) is 12.5 Å². The number of aromatic amines is 1. The van der Waals surface area contributed by atoms with Crippen molar-refractivity contribution >= 4 is 23.4 Å². The van der Waals surface area contributed by atoms with Crippen LogP contribution in [0.4, 0.5) is 5.69 Å². The van der Waals surface area contributed by atoms with Crippen molar-refractivity contribution in [1.82, 2.24) is 20.2 Å². The van der Waals surface area contributed by atoms with Crippen molar-refractivity contribution in [2.75, 3.05) is 5.32 Å². The van der Waals surface area contributed by atoms with Crippen molar-refractivity contribution < 1.29 is 4.79 Å². The Labute approximate surface area is 148 Å². The minimum Gasteiger partial charge on any atom is -0.325 e. The molecule has 0 aliphatic rings. The largest absolute Gasteiger partial charge is 0.325 e. The summed E-state index contributed by atoms with van der Waals surface area (Å²) in [5.41, 5.74) is 1.76. The molecule has 124 valence electrons. The number of thioether (sulfide) groups is 1. The van der Waals surface area contributed by atoms with Crippen LogP contribution in [0.2, 0.25) is 0 Å². The number of hydrogen-bond acceptors (Lipinski definition) is 6. The smallest absolute Gasteiger partial charge is 0.237 e. The van der Waals surface area contributed by atoms with E-state index in [9.17, 15) is 4.79 Å². The fourth-order valence-corrected chi connectivity index (χ4v) is 2.76. The zero-order valence-electron chi connectivity index (χ0n) is 13.3. The average molecular weight is 350 g/mol. The highest BCUT2D eigenvalue weighted by atomic mass is 32.2. The Morgan fingerprint density at radius 1 is 1.32 bits per heavy atom. The number of H-pyrrole nitrogens is 1. The molecule has 0 spiro atoms. The predicted molar refractivity (Wildman–Crippen MR) is 94.7 cm³/mol. The van der Waals surface area contributed by atoms with Gasteiger partial charge in [-0.05, 0) is 37.3 Å². The topological polar surface area (TPSA) is 107 Å². The molecule has 1 aromatic carbocycles. The first-order chi connectivity index (χ1) is 12.2. The number of carbonyl (C=O) groups excluding carboxylic acids is 1. The minimum atomic E-state index is -0.405. The van der Waals surface area contributed by atoms with Gasteiger partial charge >= 0.3 is 0 Å². The Balaban J connectivity index is 1.64. The van der Waals surface area contributed by atoms with E-state index in [4.69, 9.17) is 5.26 Å². The number of nitrogens with one attached hydrogen (secondary N) is 2. The molecule has 0 bridgehead atoms. The maximum atomic E-state index is 12.3. The van der Waals surface area contributed by atoms with Gasteiger partial charge in [0.2, 0.25) is 11.1 Å². The predicted octanol–water partition coefficient (Wildman–Crippen LogP) is 2.86. The van der Waals surface area contributed by atoms with E-state index >= 15 is 0 Å². The molecule has 25 heavy (non-hydrogen) atoms. The van der Waals surface area contributed by atoms with Gasteiger partial charge in [0.15, 0.2) is 5.82 Å². The highest BCUT2D eigenvalue weighted by Crippen LogP contribution is 2.23. The number of aromatic nitrogens is 4. The summed E-state index contributed by atoms with van der Waals surface area (Å²) in [5.74, 6) is 0.363. The molecule has 0 aliphatic heterocycles. The van der Waals surface area contributed by atoms with E-state index in [1.54, 1.807) is 37.4 Å². The van der Waals surface area contributed by atoms with Crippen molar-refractivity contribution in [1.29, 1.82) is 5.26 Å². The van der Waals surface area contributed by atoms with Gasteiger partial charge in [0, 0.05) is 11.9 Å². The van der Waals surface area contributed by atoms with Crippen LogP contribution >= 0.6 is 11.8 Å². The van der Waals surface area contributed by atoms with Crippen LogP contribution < -0.4 is 5.32 Å². The maximum absolute atomic E-state index is 12.3. The Kier molecular flexibility index (Phi) is 5.06. The molecule has 0 aliphatic carbocycles. The standard InChI is InChI=1S/C17H14N6OS/c1-11(16(24)20-13-6-4-5-12(9-13)10-18)25-17-21-15(22-23-17)14-7-2-3-8-19-14/h2-9,11H,1H3,(H,20,24)(H,21,22,23). The lowest BCUT2D eigenvalue weighted by atomic mass is 10.2. The number of pyridine rings is 1. The molecule has 1 atom stereocenters. The van der Waals surface area contributed by atoms with Gasteiger partial charge in [0.25, 0.3) is 0 Å². The summed E-state index contributed by atoms with van der Waals surface area (Å²) in [5, 5.41) is 18.7. The van der Waals surface area contributed by atoms with Crippen LogP contribution in [-0.4, -0.2) is 31.3 Å². The molecule has 8 heteroatoms. The van der Waals surface area contributed by atoms with Gasteiger partial charge in [0.05, 0.1) is 16.9 Å². The molecular formula is C17H14N6OS.